The summed E-state index contributed by atoms with van der Waals surface area (Å²) in [6.07, 6.45) is 3.74. The summed E-state index contributed by atoms with van der Waals surface area (Å²) in [5, 5.41) is 12.1. The number of nitriles is 1. The lowest BCUT2D eigenvalue weighted by atomic mass is 10.1. The number of rotatable bonds is 6. The van der Waals surface area contributed by atoms with Crippen LogP contribution in [0.1, 0.15) is 23.7 Å². The average molecular weight is 320 g/mol. The van der Waals surface area contributed by atoms with Crippen molar-refractivity contribution in [3.63, 3.8) is 0 Å². The molecule has 0 aliphatic rings. The third-order valence-electron chi connectivity index (χ3n) is 3.12. The number of ether oxygens (including phenoxy) is 1. The van der Waals surface area contributed by atoms with Gasteiger partial charge in [-0.3, -0.25) is 4.98 Å². The van der Waals surface area contributed by atoms with E-state index in [-0.39, 0.29) is 22.4 Å². The molecule has 1 aromatic carbocycles. The molecule has 0 fully saturated rings. The summed E-state index contributed by atoms with van der Waals surface area (Å²) in [5.41, 5.74) is 0.988. The van der Waals surface area contributed by atoms with Gasteiger partial charge in [0, 0.05) is 30.4 Å². The molecule has 0 spiro atoms. The SMILES string of the molecule is CNCCC(Oc1cc(Cl)c(F)cc1C#N)c1cccnc1. The molecule has 0 radical (unpaired) electrons. The fourth-order valence-electron chi connectivity index (χ4n) is 2.00. The van der Waals surface area contributed by atoms with Gasteiger partial charge >= 0.3 is 0 Å². The highest BCUT2D eigenvalue weighted by Crippen LogP contribution is 2.31. The summed E-state index contributed by atoms with van der Waals surface area (Å²) in [7, 11) is 1.84. The van der Waals surface area contributed by atoms with Gasteiger partial charge in [0.15, 0.2) is 0 Å². The Morgan fingerprint density at radius 2 is 2.32 bits per heavy atom. The molecule has 114 valence electrons. The van der Waals surface area contributed by atoms with Crippen molar-refractivity contribution in [2.45, 2.75) is 12.5 Å². The van der Waals surface area contributed by atoms with Gasteiger partial charge in [0.25, 0.3) is 0 Å². The first-order chi connectivity index (χ1) is 10.7. The molecule has 6 heteroatoms. The van der Waals surface area contributed by atoms with Gasteiger partial charge in [-0.15, -0.1) is 0 Å². The molecule has 1 heterocycles. The van der Waals surface area contributed by atoms with Crippen LogP contribution in [0.25, 0.3) is 0 Å². The summed E-state index contributed by atoms with van der Waals surface area (Å²) in [6, 6.07) is 8.04. The second-order valence-corrected chi connectivity index (χ2v) is 5.07. The van der Waals surface area contributed by atoms with Crippen LogP contribution in [0.15, 0.2) is 36.7 Å². The van der Waals surface area contributed by atoms with E-state index in [1.54, 1.807) is 12.4 Å². The van der Waals surface area contributed by atoms with Crippen molar-refractivity contribution in [1.82, 2.24) is 10.3 Å². The second kappa shape index (κ2) is 7.74. The number of hydrogen-bond donors (Lipinski definition) is 1. The summed E-state index contributed by atoms with van der Waals surface area (Å²) >= 11 is 5.79. The topological polar surface area (TPSA) is 57.9 Å². The Labute approximate surface area is 133 Å². The molecule has 22 heavy (non-hydrogen) atoms. The fourth-order valence-corrected chi connectivity index (χ4v) is 2.16. The summed E-state index contributed by atoms with van der Waals surface area (Å²) in [6.45, 7) is 0.719. The number of aromatic nitrogens is 1. The normalized spacial score (nSPS) is 11.7. The van der Waals surface area contributed by atoms with E-state index in [1.807, 2.05) is 25.2 Å². The van der Waals surface area contributed by atoms with Crippen molar-refractivity contribution in [3.8, 4) is 11.8 Å². The van der Waals surface area contributed by atoms with Crippen LogP contribution in [0.2, 0.25) is 5.02 Å². The minimum atomic E-state index is -0.640. The van der Waals surface area contributed by atoms with Crippen molar-refractivity contribution in [3.05, 3.63) is 58.6 Å². The lowest BCUT2D eigenvalue weighted by Crippen LogP contribution is -2.16. The molecule has 0 saturated heterocycles. The van der Waals surface area contributed by atoms with Gasteiger partial charge < -0.3 is 10.1 Å². The maximum atomic E-state index is 13.5. The van der Waals surface area contributed by atoms with E-state index in [0.29, 0.717) is 6.42 Å². The molecule has 1 aromatic heterocycles. The largest absolute Gasteiger partial charge is 0.484 e. The number of halogens is 2. The minimum Gasteiger partial charge on any atom is -0.484 e. The zero-order valence-electron chi connectivity index (χ0n) is 12.0. The zero-order valence-corrected chi connectivity index (χ0v) is 12.8. The third-order valence-corrected chi connectivity index (χ3v) is 3.41. The van der Waals surface area contributed by atoms with Gasteiger partial charge in [0.2, 0.25) is 0 Å². The molecule has 2 rings (SSSR count). The summed E-state index contributed by atoms with van der Waals surface area (Å²) < 4.78 is 19.4. The van der Waals surface area contributed by atoms with Gasteiger partial charge in [-0.1, -0.05) is 17.7 Å². The van der Waals surface area contributed by atoms with Gasteiger partial charge in [0.05, 0.1) is 10.6 Å². The monoisotopic (exact) mass is 319 g/mol. The Kier molecular flexibility index (Phi) is 5.70. The predicted octanol–water partition coefficient (Wildman–Crippen LogP) is 3.48. The van der Waals surface area contributed by atoms with E-state index in [1.165, 1.54) is 6.07 Å². The molecule has 0 amide bonds. The average Bonchev–Trinajstić information content (AvgIpc) is 2.55. The van der Waals surface area contributed by atoms with Gasteiger partial charge in [0.1, 0.15) is 23.7 Å². The summed E-state index contributed by atoms with van der Waals surface area (Å²) in [5.74, 6) is -0.377. The molecule has 0 saturated carbocycles. The molecule has 1 atom stereocenters. The Bertz CT molecular complexity index is 673. The molecule has 1 N–H and O–H groups in total. The van der Waals surface area contributed by atoms with Crippen LogP contribution in [0.5, 0.6) is 5.75 Å². The second-order valence-electron chi connectivity index (χ2n) is 4.66. The van der Waals surface area contributed by atoms with E-state index in [0.717, 1.165) is 18.2 Å². The molecule has 2 aromatic rings. The van der Waals surface area contributed by atoms with Crippen LogP contribution in [0.3, 0.4) is 0 Å². The first-order valence-electron chi connectivity index (χ1n) is 6.76. The molecular weight excluding hydrogens is 305 g/mol. The highest BCUT2D eigenvalue weighted by atomic mass is 35.5. The van der Waals surface area contributed by atoms with Gasteiger partial charge in [-0.25, -0.2) is 4.39 Å². The van der Waals surface area contributed by atoms with Crippen molar-refractivity contribution < 1.29 is 9.13 Å². The van der Waals surface area contributed by atoms with Crippen molar-refractivity contribution in [2.75, 3.05) is 13.6 Å². The van der Waals surface area contributed by atoms with E-state index < -0.39 is 5.82 Å². The Hall–Kier alpha value is -2.16. The lowest BCUT2D eigenvalue weighted by Gasteiger charge is -2.20. The lowest BCUT2D eigenvalue weighted by molar-refractivity contribution is 0.194. The number of nitrogens with one attached hydrogen (secondary N) is 1. The highest BCUT2D eigenvalue weighted by molar-refractivity contribution is 6.30. The van der Waals surface area contributed by atoms with Crippen molar-refractivity contribution >= 4 is 11.6 Å². The Morgan fingerprint density at radius 1 is 1.50 bits per heavy atom. The van der Waals surface area contributed by atoms with E-state index in [4.69, 9.17) is 21.6 Å². The first-order valence-corrected chi connectivity index (χ1v) is 7.13. The molecule has 0 aliphatic carbocycles. The standard InChI is InChI=1S/C16H15ClFN3O/c1-20-6-4-15(11-3-2-5-21-10-11)22-16-8-13(17)14(18)7-12(16)9-19/h2-3,5,7-8,10,15,20H,4,6H2,1H3. The molecule has 0 aliphatic heterocycles. The van der Waals surface area contributed by atoms with E-state index >= 15 is 0 Å². The molecule has 4 nitrogen and oxygen atoms in total. The van der Waals surface area contributed by atoms with Crippen LogP contribution in [-0.4, -0.2) is 18.6 Å². The van der Waals surface area contributed by atoms with Crippen LogP contribution >= 0.6 is 11.6 Å². The quantitative estimate of drug-likeness (QED) is 0.885. The van der Waals surface area contributed by atoms with Gasteiger partial charge in [-0.05, 0) is 25.7 Å². The highest BCUT2D eigenvalue weighted by Gasteiger charge is 2.17. The molecular formula is C16H15ClFN3O. The maximum absolute atomic E-state index is 13.5. The first kappa shape index (κ1) is 16.2. The number of benzene rings is 1. The van der Waals surface area contributed by atoms with Crippen LogP contribution < -0.4 is 10.1 Å². The zero-order chi connectivity index (χ0) is 15.9. The van der Waals surface area contributed by atoms with Crippen molar-refractivity contribution in [1.29, 1.82) is 5.26 Å². The van der Waals surface area contributed by atoms with Crippen LogP contribution in [-0.2, 0) is 0 Å². The predicted molar refractivity (Wildman–Crippen MR) is 82.3 cm³/mol. The minimum absolute atomic E-state index is 0.0763. The third kappa shape index (κ3) is 3.94. The van der Waals surface area contributed by atoms with Crippen LogP contribution in [0.4, 0.5) is 4.39 Å². The fraction of sp³-hybridized carbons (Fsp3) is 0.250. The smallest absolute Gasteiger partial charge is 0.143 e. The number of nitrogens with zero attached hydrogens (tertiary/aromatic N) is 2. The maximum Gasteiger partial charge on any atom is 0.143 e. The summed E-state index contributed by atoms with van der Waals surface area (Å²) in [4.78, 5) is 4.08. The number of pyridine rings is 1. The Balaban J connectivity index is 2.31. The van der Waals surface area contributed by atoms with E-state index in [9.17, 15) is 4.39 Å². The molecule has 1 unspecified atom stereocenters. The van der Waals surface area contributed by atoms with Crippen molar-refractivity contribution in [2.24, 2.45) is 0 Å². The molecule has 0 bridgehead atoms. The van der Waals surface area contributed by atoms with E-state index in [2.05, 4.69) is 10.3 Å². The Morgan fingerprint density at radius 3 is 2.95 bits per heavy atom. The van der Waals surface area contributed by atoms with Gasteiger partial charge in [-0.2, -0.15) is 5.26 Å². The van der Waals surface area contributed by atoms with Crippen LogP contribution in [0, 0.1) is 17.1 Å². The number of hydrogen-bond acceptors (Lipinski definition) is 4.